The van der Waals surface area contributed by atoms with Crippen LogP contribution in [0.2, 0.25) is 5.02 Å². The maximum atomic E-state index is 13.2. The summed E-state index contributed by atoms with van der Waals surface area (Å²) in [6.45, 7) is 2.19. The molecule has 6 heteroatoms. The first kappa shape index (κ1) is 18.8. The van der Waals surface area contributed by atoms with Crippen LogP contribution in [0.15, 0.2) is 42.5 Å². The number of aliphatic hydroxyl groups excluding tert-OH is 1. The monoisotopic (exact) mass is 376 g/mol. The van der Waals surface area contributed by atoms with Gasteiger partial charge in [0.25, 0.3) is 5.91 Å². The number of carbonyl (C=O) groups excluding carboxylic acids is 1. The fraction of sp³-hybridized carbons (Fsp3) is 0.350. The highest BCUT2D eigenvalue weighted by Crippen LogP contribution is 2.29. The van der Waals surface area contributed by atoms with Crippen LogP contribution >= 0.6 is 11.6 Å². The van der Waals surface area contributed by atoms with Crippen molar-refractivity contribution in [3.05, 3.63) is 58.9 Å². The van der Waals surface area contributed by atoms with Gasteiger partial charge in [-0.2, -0.15) is 0 Å². The summed E-state index contributed by atoms with van der Waals surface area (Å²) in [6.07, 6.45) is 0.655. The largest absolute Gasteiger partial charge is 0.396 e. The van der Waals surface area contributed by atoms with Crippen LogP contribution in [-0.4, -0.2) is 60.1 Å². The number of aliphatic hydroxyl groups is 1. The standard InChI is InChI=1S/C20H22ClFN2O2/c1-23-9-10-24(13-17(23)8-11-25)20(26)15-4-2-14(3-5-15)18-7-6-16(22)12-19(18)21/h2-7,12,17,25H,8-11,13H2,1H3/t17-/m0/s1. The van der Waals surface area contributed by atoms with Crippen LogP contribution in [0.25, 0.3) is 11.1 Å². The fourth-order valence-electron chi connectivity index (χ4n) is 3.29. The van der Waals surface area contributed by atoms with E-state index < -0.39 is 0 Å². The van der Waals surface area contributed by atoms with Crippen LogP contribution in [0.4, 0.5) is 4.39 Å². The summed E-state index contributed by atoms with van der Waals surface area (Å²) >= 11 is 6.11. The molecule has 4 nitrogen and oxygen atoms in total. The van der Waals surface area contributed by atoms with Crippen molar-refractivity contribution in [1.82, 2.24) is 9.80 Å². The van der Waals surface area contributed by atoms with Crippen molar-refractivity contribution < 1.29 is 14.3 Å². The number of carbonyl (C=O) groups is 1. The molecule has 3 rings (SSSR count). The molecule has 2 aromatic carbocycles. The van der Waals surface area contributed by atoms with Crippen molar-refractivity contribution in [2.24, 2.45) is 0 Å². The topological polar surface area (TPSA) is 43.8 Å². The van der Waals surface area contributed by atoms with E-state index in [2.05, 4.69) is 4.90 Å². The predicted molar refractivity (Wildman–Crippen MR) is 101 cm³/mol. The normalized spacial score (nSPS) is 18.2. The number of benzene rings is 2. The van der Waals surface area contributed by atoms with Gasteiger partial charge in [0, 0.05) is 43.4 Å². The van der Waals surface area contributed by atoms with Crippen LogP contribution < -0.4 is 0 Å². The zero-order chi connectivity index (χ0) is 18.7. The van der Waals surface area contributed by atoms with Gasteiger partial charge in [0.2, 0.25) is 0 Å². The van der Waals surface area contributed by atoms with Crippen LogP contribution in [-0.2, 0) is 0 Å². The maximum absolute atomic E-state index is 13.2. The molecule has 0 unspecified atom stereocenters. The van der Waals surface area contributed by atoms with Gasteiger partial charge in [-0.05, 0) is 49.4 Å². The molecule has 0 aromatic heterocycles. The summed E-state index contributed by atoms with van der Waals surface area (Å²) in [4.78, 5) is 16.8. The van der Waals surface area contributed by atoms with Crippen molar-refractivity contribution in [2.75, 3.05) is 33.3 Å². The Morgan fingerprint density at radius 2 is 1.96 bits per heavy atom. The molecular formula is C20H22ClFN2O2. The highest BCUT2D eigenvalue weighted by Gasteiger charge is 2.27. The second kappa shape index (κ2) is 8.16. The molecule has 1 amide bonds. The minimum atomic E-state index is -0.377. The second-order valence-corrected chi connectivity index (χ2v) is 7.01. The fourth-order valence-corrected chi connectivity index (χ4v) is 3.57. The molecule has 26 heavy (non-hydrogen) atoms. The average molecular weight is 377 g/mol. The van der Waals surface area contributed by atoms with Crippen molar-refractivity contribution >= 4 is 17.5 Å². The Balaban J connectivity index is 1.74. The third-order valence-corrected chi connectivity index (χ3v) is 5.21. The molecule has 0 bridgehead atoms. The SMILES string of the molecule is CN1CCN(C(=O)c2ccc(-c3ccc(F)cc3Cl)cc2)C[C@@H]1CCO. The number of halogens is 2. The van der Waals surface area contributed by atoms with Gasteiger partial charge in [-0.3, -0.25) is 9.69 Å². The smallest absolute Gasteiger partial charge is 0.253 e. The third-order valence-electron chi connectivity index (χ3n) is 4.90. The first-order chi connectivity index (χ1) is 12.5. The molecule has 1 heterocycles. The predicted octanol–water partition coefficient (Wildman–Crippen LogP) is 3.28. The Hall–Kier alpha value is -1.95. The number of hydrogen-bond donors (Lipinski definition) is 1. The molecule has 138 valence electrons. The van der Waals surface area contributed by atoms with Crippen LogP contribution in [0.5, 0.6) is 0 Å². The molecule has 0 saturated carbocycles. The summed E-state index contributed by atoms with van der Waals surface area (Å²) in [5, 5.41) is 9.53. The summed E-state index contributed by atoms with van der Waals surface area (Å²) in [5.74, 6) is -0.393. The Bertz CT molecular complexity index is 782. The first-order valence-corrected chi connectivity index (χ1v) is 9.03. The number of piperazine rings is 1. The highest BCUT2D eigenvalue weighted by atomic mass is 35.5. The van der Waals surface area contributed by atoms with Crippen molar-refractivity contribution in [2.45, 2.75) is 12.5 Å². The van der Waals surface area contributed by atoms with Gasteiger partial charge in [-0.1, -0.05) is 23.7 Å². The Labute approximate surface area is 157 Å². The molecule has 1 atom stereocenters. The van der Waals surface area contributed by atoms with Crippen molar-refractivity contribution in [3.63, 3.8) is 0 Å². The number of nitrogens with zero attached hydrogens (tertiary/aromatic N) is 2. The van der Waals surface area contributed by atoms with E-state index in [-0.39, 0.29) is 24.4 Å². The Kier molecular flexibility index (Phi) is 5.91. The van der Waals surface area contributed by atoms with Crippen LogP contribution in [0.1, 0.15) is 16.8 Å². The van der Waals surface area contributed by atoms with Gasteiger partial charge >= 0.3 is 0 Å². The zero-order valence-electron chi connectivity index (χ0n) is 14.7. The lowest BCUT2D eigenvalue weighted by Crippen LogP contribution is -2.53. The van der Waals surface area contributed by atoms with Gasteiger partial charge in [-0.25, -0.2) is 4.39 Å². The van der Waals surface area contributed by atoms with E-state index in [1.165, 1.54) is 12.1 Å². The minimum Gasteiger partial charge on any atom is -0.396 e. The summed E-state index contributed by atoms with van der Waals surface area (Å²) in [7, 11) is 2.02. The van der Waals surface area contributed by atoms with E-state index >= 15 is 0 Å². The zero-order valence-corrected chi connectivity index (χ0v) is 15.4. The molecular weight excluding hydrogens is 355 g/mol. The van der Waals surface area contributed by atoms with Crippen LogP contribution in [0.3, 0.4) is 0 Å². The second-order valence-electron chi connectivity index (χ2n) is 6.60. The van der Waals surface area contributed by atoms with Crippen molar-refractivity contribution in [1.29, 1.82) is 0 Å². The van der Waals surface area contributed by atoms with E-state index in [1.54, 1.807) is 18.2 Å². The first-order valence-electron chi connectivity index (χ1n) is 8.65. The summed E-state index contributed by atoms with van der Waals surface area (Å²) in [5.41, 5.74) is 2.18. The van der Waals surface area contributed by atoms with E-state index in [0.717, 1.165) is 17.7 Å². The highest BCUT2D eigenvalue weighted by molar-refractivity contribution is 6.33. The Morgan fingerprint density at radius 1 is 1.23 bits per heavy atom. The Morgan fingerprint density at radius 3 is 2.62 bits per heavy atom. The lowest BCUT2D eigenvalue weighted by atomic mass is 10.0. The van der Waals surface area contributed by atoms with Gasteiger partial charge in [-0.15, -0.1) is 0 Å². The van der Waals surface area contributed by atoms with E-state index in [9.17, 15) is 14.3 Å². The molecule has 1 saturated heterocycles. The molecule has 0 radical (unpaired) electrons. The van der Waals surface area contributed by atoms with E-state index in [0.29, 0.717) is 30.1 Å². The molecule has 1 fully saturated rings. The van der Waals surface area contributed by atoms with Gasteiger partial charge in [0.05, 0.1) is 5.02 Å². The lowest BCUT2D eigenvalue weighted by Gasteiger charge is -2.39. The maximum Gasteiger partial charge on any atom is 0.253 e. The van der Waals surface area contributed by atoms with Crippen LogP contribution in [0, 0.1) is 5.82 Å². The molecule has 1 aliphatic rings. The quantitative estimate of drug-likeness (QED) is 0.890. The number of hydrogen-bond acceptors (Lipinski definition) is 3. The molecule has 0 aliphatic carbocycles. The number of amides is 1. The lowest BCUT2D eigenvalue weighted by molar-refractivity contribution is 0.0500. The summed E-state index contributed by atoms with van der Waals surface area (Å²) in [6, 6.07) is 11.7. The molecule has 1 N–H and O–H groups in total. The average Bonchev–Trinajstić information content (AvgIpc) is 2.63. The third kappa shape index (κ3) is 4.06. The van der Waals surface area contributed by atoms with Gasteiger partial charge in [0.1, 0.15) is 5.82 Å². The molecule has 0 spiro atoms. The molecule has 1 aliphatic heterocycles. The minimum absolute atomic E-state index is 0.0159. The summed E-state index contributed by atoms with van der Waals surface area (Å²) < 4.78 is 13.2. The number of rotatable bonds is 4. The van der Waals surface area contributed by atoms with Gasteiger partial charge in [0.15, 0.2) is 0 Å². The van der Waals surface area contributed by atoms with E-state index in [1.807, 2.05) is 24.1 Å². The van der Waals surface area contributed by atoms with Gasteiger partial charge < -0.3 is 10.0 Å². The molecule has 2 aromatic rings. The van der Waals surface area contributed by atoms with Crippen molar-refractivity contribution in [3.8, 4) is 11.1 Å². The number of likely N-dealkylation sites (N-methyl/N-ethyl adjacent to an activating group) is 1. The van der Waals surface area contributed by atoms with E-state index in [4.69, 9.17) is 11.6 Å².